The molecule has 2 aromatic carbocycles. The topological polar surface area (TPSA) is 12.0 Å². The Bertz CT molecular complexity index is 654. The molecule has 0 spiro atoms. The Kier molecular flexibility index (Phi) is 4.01. The zero-order valence-electron chi connectivity index (χ0n) is 12.3. The van der Waals surface area contributed by atoms with Crippen molar-refractivity contribution >= 4 is 11.6 Å². The molecule has 0 heterocycles. The van der Waals surface area contributed by atoms with Gasteiger partial charge in [-0.25, -0.2) is 4.39 Å². The van der Waals surface area contributed by atoms with Crippen molar-refractivity contribution in [3.8, 4) is 11.1 Å². The van der Waals surface area contributed by atoms with Crippen LogP contribution in [-0.2, 0) is 6.54 Å². The Hall–Kier alpha value is -1.38. The van der Waals surface area contributed by atoms with Crippen LogP contribution in [0.15, 0.2) is 30.3 Å². The quantitative estimate of drug-likeness (QED) is 0.836. The second-order valence-corrected chi connectivity index (χ2v) is 6.33. The lowest BCUT2D eigenvalue weighted by Gasteiger charge is -2.15. The molecule has 3 rings (SSSR count). The molecule has 0 amide bonds. The summed E-state index contributed by atoms with van der Waals surface area (Å²) >= 11 is 6.12. The van der Waals surface area contributed by atoms with Crippen LogP contribution in [0.3, 0.4) is 0 Å². The molecule has 3 heteroatoms. The van der Waals surface area contributed by atoms with E-state index in [-0.39, 0.29) is 5.82 Å². The van der Waals surface area contributed by atoms with Crippen LogP contribution in [0.5, 0.6) is 0 Å². The van der Waals surface area contributed by atoms with Gasteiger partial charge in [-0.05, 0) is 67.1 Å². The van der Waals surface area contributed by atoms with E-state index in [1.54, 1.807) is 6.07 Å². The van der Waals surface area contributed by atoms with E-state index in [0.29, 0.717) is 16.6 Å². The van der Waals surface area contributed by atoms with Gasteiger partial charge in [0.05, 0.1) is 0 Å². The van der Waals surface area contributed by atoms with E-state index in [0.717, 1.165) is 28.8 Å². The number of hydrogen-bond donors (Lipinski definition) is 1. The maximum absolute atomic E-state index is 14.4. The number of rotatable bonds is 4. The fourth-order valence-electron chi connectivity index (χ4n) is 2.75. The third-order valence-electron chi connectivity index (χ3n) is 3.93. The highest BCUT2D eigenvalue weighted by Crippen LogP contribution is 2.32. The van der Waals surface area contributed by atoms with Gasteiger partial charge in [-0.3, -0.25) is 0 Å². The maximum atomic E-state index is 14.4. The first-order valence-electron chi connectivity index (χ1n) is 7.33. The SMILES string of the molecule is Cc1cc(C)c(-c2ccc(Cl)cc2CNC2CC2)c(F)c1. The van der Waals surface area contributed by atoms with E-state index in [9.17, 15) is 4.39 Å². The predicted molar refractivity (Wildman–Crippen MR) is 86.2 cm³/mol. The van der Waals surface area contributed by atoms with Gasteiger partial charge in [-0.2, -0.15) is 0 Å². The molecule has 2 aromatic rings. The normalized spacial score (nSPS) is 14.5. The van der Waals surface area contributed by atoms with Crippen LogP contribution >= 0.6 is 11.6 Å². The monoisotopic (exact) mass is 303 g/mol. The number of benzene rings is 2. The highest BCUT2D eigenvalue weighted by atomic mass is 35.5. The van der Waals surface area contributed by atoms with Crippen molar-refractivity contribution in [1.82, 2.24) is 5.32 Å². The minimum atomic E-state index is -0.164. The van der Waals surface area contributed by atoms with E-state index in [1.807, 2.05) is 38.1 Å². The molecule has 0 aliphatic heterocycles. The van der Waals surface area contributed by atoms with Crippen LogP contribution in [0.2, 0.25) is 5.02 Å². The average molecular weight is 304 g/mol. The van der Waals surface area contributed by atoms with Crippen LogP contribution in [0.25, 0.3) is 11.1 Å². The number of aryl methyl sites for hydroxylation is 2. The van der Waals surface area contributed by atoms with Gasteiger partial charge in [0.1, 0.15) is 5.82 Å². The van der Waals surface area contributed by atoms with Crippen LogP contribution in [0.4, 0.5) is 4.39 Å². The predicted octanol–water partition coefficient (Wildman–Crippen LogP) is 5.01. The van der Waals surface area contributed by atoms with Crippen molar-refractivity contribution in [2.45, 2.75) is 39.3 Å². The van der Waals surface area contributed by atoms with Gasteiger partial charge in [-0.15, -0.1) is 0 Å². The summed E-state index contributed by atoms with van der Waals surface area (Å²) in [5, 5.41) is 4.17. The van der Waals surface area contributed by atoms with E-state index in [1.165, 1.54) is 12.8 Å². The molecule has 0 aromatic heterocycles. The second-order valence-electron chi connectivity index (χ2n) is 5.90. The summed E-state index contributed by atoms with van der Waals surface area (Å²) in [4.78, 5) is 0. The Labute approximate surface area is 130 Å². The first-order valence-corrected chi connectivity index (χ1v) is 7.71. The molecular weight excluding hydrogens is 285 g/mol. The van der Waals surface area contributed by atoms with Gasteiger partial charge in [0.25, 0.3) is 0 Å². The van der Waals surface area contributed by atoms with Gasteiger partial charge in [0, 0.05) is 23.2 Å². The summed E-state index contributed by atoms with van der Waals surface area (Å²) in [5.41, 5.74) is 4.58. The number of halogens is 2. The summed E-state index contributed by atoms with van der Waals surface area (Å²) in [6.07, 6.45) is 2.46. The maximum Gasteiger partial charge on any atom is 0.131 e. The Morgan fingerprint density at radius 1 is 1.19 bits per heavy atom. The standard InChI is InChI=1S/C18H19ClFN/c1-11-7-12(2)18(17(20)8-11)16-6-3-14(19)9-13(16)10-21-15-4-5-15/h3,6-9,15,21H,4-5,10H2,1-2H3. The summed E-state index contributed by atoms with van der Waals surface area (Å²) in [5.74, 6) is -0.164. The second kappa shape index (κ2) is 5.78. The third-order valence-corrected chi connectivity index (χ3v) is 4.16. The Balaban J connectivity index is 2.04. The van der Waals surface area contributed by atoms with Crippen molar-refractivity contribution in [2.24, 2.45) is 0 Å². The molecule has 0 radical (unpaired) electrons. The van der Waals surface area contributed by atoms with Crippen LogP contribution in [-0.4, -0.2) is 6.04 Å². The van der Waals surface area contributed by atoms with Crippen molar-refractivity contribution < 1.29 is 4.39 Å². The van der Waals surface area contributed by atoms with E-state index in [2.05, 4.69) is 5.32 Å². The number of nitrogens with one attached hydrogen (secondary N) is 1. The van der Waals surface area contributed by atoms with E-state index >= 15 is 0 Å². The highest BCUT2D eigenvalue weighted by Gasteiger charge is 2.21. The first-order chi connectivity index (χ1) is 10.0. The molecule has 1 saturated carbocycles. The van der Waals surface area contributed by atoms with Gasteiger partial charge in [0.2, 0.25) is 0 Å². The lowest BCUT2D eigenvalue weighted by molar-refractivity contribution is 0.628. The van der Waals surface area contributed by atoms with E-state index < -0.39 is 0 Å². The molecule has 1 aliphatic carbocycles. The average Bonchev–Trinajstić information content (AvgIpc) is 3.21. The van der Waals surface area contributed by atoms with Gasteiger partial charge < -0.3 is 5.32 Å². The molecule has 0 unspecified atom stereocenters. The van der Waals surface area contributed by atoms with Gasteiger partial charge in [-0.1, -0.05) is 23.7 Å². The van der Waals surface area contributed by atoms with Crippen molar-refractivity contribution in [2.75, 3.05) is 0 Å². The molecule has 1 fully saturated rings. The fourth-order valence-corrected chi connectivity index (χ4v) is 2.95. The van der Waals surface area contributed by atoms with Crippen LogP contribution < -0.4 is 5.32 Å². The molecule has 1 aliphatic rings. The minimum Gasteiger partial charge on any atom is -0.310 e. The number of hydrogen-bond acceptors (Lipinski definition) is 1. The highest BCUT2D eigenvalue weighted by molar-refractivity contribution is 6.30. The van der Waals surface area contributed by atoms with Crippen molar-refractivity contribution in [1.29, 1.82) is 0 Å². The van der Waals surface area contributed by atoms with Crippen LogP contribution in [0, 0.1) is 19.7 Å². The fraction of sp³-hybridized carbons (Fsp3) is 0.333. The Morgan fingerprint density at radius 3 is 2.62 bits per heavy atom. The van der Waals surface area contributed by atoms with E-state index in [4.69, 9.17) is 11.6 Å². The summed E-state index contributed by atoms with van der Waals surface area (Å²) in [6.45, 7) is 4.60. The minimum absolute atomic E-state index is 0.164. The summed E-state index contributed by atoms with van der Waals surface area (Å²) in [6, 6.07) is 9.91. The molecule has 1 N–H and O–H groups in total. The summed E-state index contributed by atoms with van der Waals surface area (Å²) in [7, 11) is 0. The largest absolute Gasteiger partial charge is 0.310 e. The molecule has 0 atom stereocenters. The molecule has 110 valence electrons. The molecule has 1 nitrogen and oxygen atoms in total. The molecule has 0 saturated heterocycles. The molecule has 0 bridgehead atoms. The Morgan fingerprint density at radius 2 is 1.95 bits per heavy atom. The lowest BCUT2D eigenvalue weighted by atomic mass is 9.94. The van der Waals surface area contributed by atoms with Crippen molar-refractivity contribution in [3.63, 3.8) is 0 Å². The van der Waals surface area contributed by atoms with Crippen LogP contribution in [0.1, 0.15) is 29.5 Å². The van der Waals surface area contributed by atoms with Gasteiger partial charge in [0.15, 0.2) is 0 Å². The smallest absolute Gasteiger partial charge is 0.131 e. The third kappa shape index (κ3) is 3.28. The van der Waals surface area contributed by atoms with Crippen molar-refractivity contribution in [3.05, 3.63) is 57.9 Å². The molecule has 21 heavy (non-hydrogen) atoms. The first kappa shape index (κ1) is 14.6. The molecular formula is C18H19ClFN. The zero-order chi connectivity index (χ0) is 15.0. The zero-order valence-corrected chi connectivity index (χ0v) is 13.1. The van der Waals surface area contributed by atoms with Gasteiger partial charge >= 0.3 is 0 Å². The lowest BCUT2D eigenvalue weighted by Crippen LogP contribution is -2.16. The summed E-state index contributed by atoms with van der Waals surface area (Å²) < 4.78 is 14.4.